The molecule has 9 heteroatoms. The van der Waals surface area contributed by atoms with E-state index in [9.17, 15) is 13.2 Å². The van der Waals surface area contributed by atoms with Gasteiger partial charge >= 0.3 is 0 Å². The number of nitrogens with one attached hydrogen (secondary N) is 2. The minimum atomic E-state index is -3.74. The van der Waals surface area contributed by atoms with Gasteiger partial charge in [0, 0.05) is 23.7 Å². The highest BCUT2D eigenvalue weighted by molar-refractivity contribution is 7.89. The fraction of sp³-hybridized carbons (Fsp3) is 0.417. The van der Waals surface area contributed by atoms with Crippen LogP contribution >= 0.6 is 11.6 Å². The average Bonchev–Trinajstić information content (AvgIpc) is 3.39. The number of sulfonamides is 1. The summed E-state index contributed by atoms with van der Waals surface area (Å²) in [5.74, 6) is 0.837. The molecular weight excluding hydrogens is 460 g/mol. The molecule has 0 spiro atoms. The largest absolute Gasteiger partial charge is 0.350 e. The van der Waals surface area contributed by atoms with Crippen LogP contribution in [0.5, 0.6) is 0 Å². The maximum Gasteiger partial charge on any atom is 0.272 e. The number of hydrogen-bond acceptors (Lipinski definition) is 4. The molecule has 1 saturated carbocycles. The molecular formula is C24H27ClN4O3S. The summed E-state index contributed by atoms with van der Waals surface area (Å²) in [5.41, 5.74) is 1.61. The quantitative estimate of drug-likeness (QED) is 0.556. The summed E-state index contributed by atoms with van der Waals surface area (Å²) < 4.78 is 28.0. The predicted octanol–water partition coefficient (Wildman–Crippen LogP) is 4.48. The topological polar surface area (TPSA) is 95.2 Å². The molecule has 0 saturated heterocycles. The summed E-state index contributed by atoms with van der Waals surface area (Å²) in [6.45, 7) is 3.16. The molecule has 1 amide bonds. The number of fused-ring (bicyclic) bond motifs is 2. The van der Waals surface area contributed by atoms with Crippen LogP contribution in [0, 0.1) is 11.8 Å². The first-order valence-corrected chi connectivity index (χ1v) is 13.2. The van der Waals surface area contributed by atoms with Gasteiger partial charge in [0.1, 0.15) is 0 Å². The maximum absolute atomic E-state index is 13.3. The molecule has 5 rings (SSSR count). The lowest BCUT2D eigenvalue weighted by Crippen LogP contribution is -2.34. The van der Waals surface area contributed by atoms with Crippen molar-refractivity contribution in [3.05, 3.63) is 58.4 Å². The Labute approximate surface area is 198 Å². The highest BCUT2D eigenvalue weighted by Gasteiger charge is 2.35. The Morgan fingerprint density at radius 1 is 1.15 bits per heavy atom. The van der Waals surface area contributed by atoms with Gasteiger partial charge in [-0.05, 0) is 53.3 Å². The summed E-state index contributed by atoms with van der Waals surface area (Å²) in [7, 11) is -3.74. The number of halogens is 1. The molecule has 7 nitrogen and oxygen atoms in total. The Kier molecular flexibility index (Phi) is 5.93. The molecule has 2 aliphatic rings. The lowest BCUT2D eigenvalue weighted by Gasteiger charge is -2.28. The minimum Gasteiger partial charge on any atom is -0.350 e. The molecule has 2 aromatic carbocycles. The van der Waals surface area contributed by atoms with Crippen molar-refractivity contribution in [3.63, 3.8) is 0 Å². The molecule has 0 unspecified atom stereocenters. The molecule has 2 atom stereocenters. The molecule has 2 heterocycles. The molecule has 1 aromatic heterocycles. The smallest absolute Gasteiger partial charge is 0.272 e. The number of carbonyl (C=O) groups is 1. The van der Waals surface area contributed by atoms with Gasteiger partial charge in [-0.3, -0.25) is 9.89 Å². The Morgan fingerprint density at radius 3 is 2.73 bits per heavy atom. The first kappa shape index (κ1) is 22.4. The van der Waals surface area contributed by atoms with Crippen LogP contribution < -0.4 is 5.32 Å². The molecule has 1 aliphatic heterocycles. The highest BCUT2D eigenvalue weighted by Crippen LogP contribution is 2.32. The van der Waals surface area contributed by atoms with Crippen LogP contribution in [0.3, 0.4) is 0 Å². The molecule has 3 aromatic rings. The van der Waals surface area contributed by atoms with Gasteiger partial charge in [0.05, 0.1) is 17.1 Å². The predicted molar refractivity (Wildman–Crippen MR) is 127 cm³/mol. The number of amides is 1. The van der Waals surface area contributed by atoms with Gasteiger partial charge in [-0.1, -0.05) is 49.9 Å². The van der Waals surface area contributed by atoms with Crippen LogP contribution in [0.1, 0.15) is 54.4 Å². The lowest BCUT2D eigenvalue weighted by atomic mass is 9.80. The number of hydrogen-bond donors (Lipinski definition) is 2. The van der Waals surface area contributed by atoms with Crippen LogP contribution in [0.4, 0.5) is 0 Å². The molecule has 174 valence electrons. The van der Waals surface area contributed by atoms with E-state index in [4.69, 9.17) is 11.6 Å². The van der Waals surface area contributed by atoms with Crippen molar-refractivity contribution in [1.82, 2.24) is 19.8 Å². The number of nitrogens with zero attached hydrogens (tertiary/aromatic N) is 2. The maximum atomic E-state index is 13.3. The third-order valence-corrected chi connectivity index (χ3v) is 9.09. The van der Waals surface area contributed by atoms with E-state index in [0.29, 0.717) is 40.4 Å². The van der Waals surface area contributed by atoms with Gasteiger partial charge in [-0.2, -0.15) is 9.40 Å². The van der Waals surface area contributed by atoms with Crippen molar-refractivity contribution in [2.24, 2.45) is 11.8 Å². The minimum absolute atomic E-state index is 0.120. The zero-order valence-electron chi connectivity index (χ0n) is 18.5. The van der Waals surface area contributed by atoms with E-state index in [0.717, 1.165) is 17.2 Å². The zero-order chi connectivity index (χ0) is 23.2. The van der Waals surface area contributed by atoms with E-state index >= 15 is 0 Å². The van der Waals surface area contributed by atoms with Crippen molar-refractivity contribution >= 4 is 38.3 Å². The SMILES string of the molecule is C[C@H]1CCCC[C@H]1CNC(=O)c1n[nH]c2c1CN(S(=O)(=O)c1ccc3cc(Cl)ccc3c1)C2. The van der Waals surface area contributed by atoms with Gasteiger partial charge in [-0.25, -0.2) is 8.42 Å². The summed E-state index contributed by atoms with van der Waals surface area (Å²) in [5, 5.41) is 12.4. The molecule has 33 heavy (non-hydrogen) atoms. The van der Waals surface area contributed by atoms with Crippen LogP contribution in [0.15, 0.2) is 41.3 Å². The van der Waals surface area contributed by atoms with E-state index in [-0.39, 0.29) is 23.9 Å². The Morgan fingerprint density at radius 2 is 1.91 bits per heavy atom. The number of benzene rings is 2. The first-order valence-electron chi connectivity index (χ1n) is 11.4. The van der Waals surface area contributed by atoms with E-state index in [1.165, 1.54) is 23.6 Å². The number of rotatable bonds is 5. The summed E-state index contributed by atoms with van der Waals surface area (Å²) in [4.78, 5) is 13.1. The van der Waals surface area contributed by atoms with Gasteiger partial charge in [0.15, 0.2) is 5.69 Å². The zero-order valence-corrected chi connectivity index (χ0v) is 20.0. The lowest BCUT2D eigenvalue weighted by molar-refractivity contribution is 0.0930. The molecule has 0 bridgehead atoms. The third kappa shape index (κ3) is 4.27. The summed E-state index contributed by atoms with van der Waals surface area (Å²) in [6, 6.07) is 10.4. The standard InChI is InChI=1S/C24H27ClN4O3S/c1-15-4-2-3-5-18(15)12-26-24(30)23-21-13-29(14-22(21)27-28-23)33(31,32)20-9-7-16-10-19(25)8-6-17(16)11-20/h6-11,15,18H,2-5,12-14H2,1H3,(H,26,30)(H,27,28)/t15-,18-/m0/s1. The van der Waals surface area contributed by atoms with Crippen molar-refractivity contribution in [2.75, 3.05) is 6.54 Å². The third-order valence-electron chi connectivity index (χ3n) is 7.06. The van der Waals surface area contributed by atoms with E-state index in [1.807, 2.05) is 6.07 Å². The number of aromatic amines is 1. The monoisotopic (exact) mass is 486 g/mol. The normalized spacial score (nSPS) is 21.3. The second-order valence-corrected chi connectivity index (χ2v) is 11.6. The van der Waals surface area contributed by atoms with E-state index < -0.39 is 10.0 Å². The van der Waals surface area contributed by atoms with Gasteiger partial charge in [-0.15, -0.1) is 0 Å². The van der Waals surface area contributed by atoms with Crippen molar-refractivity contribution in [1.29, 1.82) is 0 Å². The summed E-state index contributed by atoms with van der Waals surface area (Å²) in [6.07, 6.45) is 4.79. The number of carbonyl (C=O) groups excluding carboxylic acids is 1. The van der Waals surface area contributed by atoms with Crippen molar-refractivity contribution in [3.8, 4) is 0 Å². The van der Waals surface area contributed by atoms with Gasteiger partial charge in [0.25, 0.3) is 5.91 Å². The molecule has 2 N–H and O–H groups in total. The van der Waals surface area contributed by atoms with Crippen LogP contribution in [-0.4, -0.2) is 35.4 Å². The second kappa shape index (κ2) is 8.74. The van der Waals surface area contributed by atoms with Crippen molar-refractivity contribution < 1.29 is 13.2 Å². The molecule has 1 fully saturated rings. The van der Waals surface area contributed by atoms with Crippen LogP contribution in [0.25, 0.3) is 10.8 Å². The highest BCUT2D eigenvalue weighted by atomic mass is 35.5. The fourth-order valence-electron chi connectivity index (χ4n) is 4.98. The first-order chi connectivity index (χ1) is 15.8. The van der Waals surface area contributed by atoms with Crippen LogP contribution in [-0.2, 0) is 23.1 Å². The second-order valence-electron chi connectivity index (χ2n) is 9.19. The van der Waals surface area contributed by atoms with E-state index in [2.05, 4.69) is 22.4 Å². The van der Waals surface area contributed by atoms with Crippen molar-refractivity contribution in [2.45, 2.75) is 50.6 Å². The summed E-state index contributed by atoms with van der Waals surface area (Å²) >= 11 is 6.04. The molecule has 0 radical (unpaired) electrons. The Hall–Kier alpha value is -2.42. The van der Waals surface area contributed by atoms with Gasteiger partial charge < -0.3 is 5.32 Å². The Balaban J connectivity index is 1.31. The van der Waals surface area contributed by atoms with Crippen LogP contribution in [0.2, 0.25) is 5.02 Å². The molecule has 1 aliphatic carbocycles. The average molecular weight is 487 g/mol. The Bertz CT molecular complexity index is 1320. The fourth-order valence-corrected chi connectivity index (χ4v) is 6.57. The van der Waals surface area contributed by atoms with Gasteiger partial charge in [0.2, 0.25) is 10.0 Å². The number of H-pyrrole nitrogens is 1. The van der Waals surface area contributed by atoms with E-state index in [1.54, 1.807) is 30.3 Å². The number of aromatic nitrogens is 2.